The van der Waals surface area contributed by atoms with Crippen LogP contribution < -0.4 is 0 Å². The lowest BCUT2D eigenvalue weighted by Crippen LogP contribution is -2.40. The summed E-state index contributed by atoms with van der Waals surface area (Å²) >= 11 is 0. The van der Waals surface area contributed by atoms with E-state index in [2.05, 4.69) is 0 Å². The average molecular weight is 278 g/mol. The Hall–Kier alpha value is -1.20. The predicted molar refractivity (Wildman–Crippen MR) is 76.1 cm³/mol. The van der Waals surface area contributed by atoms with Crippen molar-refractivity contribution in [2.75, 3.05) is 6.61 Å². The second-order valence-electron chi connectivity index (χ2n) is 5.10. The summed E-state index contributed by atoms with van der Waals surface area (Å²) in [5, 5.41) is 9.87. The first-order valence-corrected chi connectivity index (χ1v) is 6.94. The van der Waals surface area contributed by atoms with Gasteiger partial charge in [0.05, 0.1) is 19.3 Å². The minimum atomic E-state index is -0.655. The minimum absolute atomic E-state index is 0.0748. The van der Waals surface area contributed by atoms with Gasteiger partial charge in [-0.3, -0.25) is 0 Å². The molecule has 3 atom stereocenters. The Morgan fingerprint density at radius 3 is 2.65 bits per heavy atom. The molecule has 0 amide bonds. The molecule has 4 nitrogen and oxygen atoms in total. The number of benzene rings is 1. The first kappa shape index (κ1) is 15.2. The average Bonchev–Trinajstić information content (AvgIpc) is 2.43. The summed E-state index contributed by atoms with van der Waals surface area (Å²) < 4.78 is 16.8. The van der Waals surface area contributed by atoms with E-state index in [9.17, 15) is 5.11 Å². The largest absolute Gasteiger partial charge is 0.386 e. The van der Waals surface area contributed by atoms with Gasteiger partial charge < -0.3 is 19.3 Å². The topological polar surface area (TPSA) is 47.9 Å². The molecule has 1 aliphatic heterocycles. The summed E-state index contributed by atoms with van der Waals surface area (Å²) in [5.74, 6) is 0. The number of hydrogen-bond acceptors (Lipinski definition) is 4. The Morgan fingerprint density at radius 2 is 1.95 bits per heavy atom. The fourth-order valence-corrected chi connectivity index (χ4v) is 1.98. The van der Waals surface area contributed by atoms with Crippen molar-refractivity contribution in [3.8, 4) is 0 Å². The van der Waals surface area contributed by atoms with E-state index in [4.69, 9.17) is 14.2 Å². The monoisotopic (exact) mass is 278 g/mol. The highest BCUT2D eigenvalue weighted by Crippen LogP contribution is 2.16. The van der Waals surface area contributed by atoms with Crippen molar-refractivity contribution in [2.45, 2.75) is 45.1 Å². The van der Waals surface area contributed by atoms with E-state index in [1.807, 2.05) is 44.2 Å². The second kappa shape index (κ2) is 7.55. The van der Waals surface area contributed by atoms with Crippen LogP contribution in [0.4, 0.5) is 0 Å². The van der Waals surface area contributed by atoms with E-state index in [0.29, 0.717) is 13.2 Å². The molecule has 0 fully saturated rings. The maximum atomic E-state index is 9.87. The zero-order valence-corrected chi connectivity index (χ0v) is 11.9. The lowest BCUT2D eigenvalue weighted by molar-refractivity contribution is -0.198. The van der Waals surface area contributed by atoms with Crippen LogP contribution in [0.3, 0.4) is 0 Å². The molecule has 20 heavy (non-hydrogen) atoms. The second-order valence-corrected chi connectivity index (χ2v) is 5.10. The van der Waals surface area contributed by atoms with Crippen molar-refractivity contribution >= 4 is 0 Å². The molecular weight excluding hydrogens is 256 g/mol. The predicted octanol–water partition coefficient (Wildman–Crippen LogP) is 2.27. The molecule has 0 spiro atoms. The van der Waals surface area contributed by atoms with E-state index in [1.54, 1.807) is 12.2 Å². The molecule has 1 aromatic rings. The van der Waals surface area contributed by atoms with Crippen LogP contribution in [-0.2, 0) is 20.8 Å². The Balaban J connectivity index is 1.78. The maximum absolute atomic E-state index is 9.87. The zero-order chi connectivity index (χ0) is 14.4. The molecule has 1 heterocycles. The van der Waals surface area contributed by atoms with Gasteiger partial charge in [-0.05, 0) is 25.5 Å². The third kappa shape index (κ3) is 4.72. The van der Waals surface area contributed by atoms with E-state index < -0.39 is 18.5 Å². The molecule has 0 unspecified atom stereocenters. The van der Waals surface area contributed by atoms with Crippen molar-refractivity contribution in [1.29, 1.82) is 0 Å². The number of ether oxygens (including phenoxy) is 3. The fourth-order valence-electron chi connectivity index (χ4n) is 1.98. The van der Waals surface area contributed by atoms with Gasteiger partial charge in [-0.25, -0.2) is 0 Å². The lowest BCUT2D eigenvalue weighted by Gasteiger charge is -2.30. The number of rotatable bonds is 6. The summed E-state index contributed by atoms with van der Waals surface area (Å²) in [7, 11) is 0. The van der Waals surface area contributed by atoms with Crippen LogP contribution in [0.15, 0.2) is 42.5 Å². The maximum Gasteiger partial charge on any atom is 0.177 e. The van der Waals surface area contributed by atoms with Gasteiger partial charge in [-0.2, -0.15) is 0 Å². The minimum Gasteiger partial charge on any atom is -0.386 e. The standard InChI is InChI=1S/C16H22O4/c1-12(2)19-16-9-8-14(17)15(20-16)11-18-10-13-6-4-3-5-7-13/h3-9,12,14-17H,10-11H2,1-2H3/t14-,15+,16-/m0/s1. The van der Waals surface area contributed by atoms with Crippen molar-refractivity contribution in [3.63, 3.8) is 0 Å². The Morgan fingerprint density at radius 1 is 1.20 bits per heavy atom. The van der Waals surface area contributed by atoms with Crippen molar-refractivity contribution in [3.05, 3.63) is 48.0 Å². The molecule has 1 aromatic carbocycles. The van der Waals surface area contributed by atoms with E-state index >= 15 is 0 Å². The van der Waals surface area contributed by atoms with Crippen LogP contribution >= 0.6 is 0 Å². The van der Waals surface area contributed by atoms with Crippen LogP contribution in [0.1, 0.15) is 19.4 Å². The first-order valence-electron chi connectivity index (χ1n) is 6.94. The molecule has 0 saturated carbocycles. The van der Waals surface area contributed by atoms with E-state index in [-0.39, 0.29) is 6.10 Å². The van der Waals surface area contributed by atoms with Crippen LogP contribution in [0.5, 0.6) is 0 Å². The Kier molecular flexibility index (Phi) is 5.73. The molecule has 0 bridgehead atoms. The van der Waals surface area contributed by atoms with Crippen LogP contribution in [0.2, 0.25) is 0 Å². The van der Waals surface area contributed by atoms with E-state index in [1.165, 1.54) is 0 Å². The highest BCUT2D eigenvalue weighted by atomic mass is 16.7. The Bertz CT molecular complexity index is 416. The molecule has 110 valence electrons. The molecule has 0 aliphatic carbocycles. The first-order chi connectivity index (χ1) is 9.65. The molecule has 0 aromatic heterocycles. The molecule has 4 heteroatoms. The molecule has 1 N–H and O–H groups in total. The Labute approximate surface area is 120 Å². The van der Waals surface area contributed by atoms with Crippen LogP contribution in [-0.4, -0.2) is 36.3 Å². The van der Waals surface area contributed by atoms with Gasteiger partial charge in [0, 0.05) is 0 Å². The molecule has 2 rings (SSSR count). The number of aliphatic hydroxyl groups is 1. The molecule has 0 radical (unpaired) electrons. The molecule has 1 aliphatic rings. The molecule has 0 saturated heterocycles. The quantitative estimate of drug-likeness (QED) is 0.811. The third-order valence-electron chi connectivity index (χ3n) is 2.96. The highest BCUT2D eigenvalue weighted by Gasteiger charge is 2.26. The lowest BCUT2D eigenvalue weighted by atomic mass is 10.1. The van der Waals surface area contributed by atoms with Crippen LogP contribution in [0.25, 0.3) is 0 Å². The van der Waals surface area contributed by atoms with Gasteiger partial charge in [0.2, 0.25) is 0 Å². The summed E-state index contributed by atoms with van der Waals surface area (Å²) in [4.78, 5) is 0. The zero-order valence-electron chi connectivity index (χ0n) is 11.9. The van der Waals surface area contributed by atoms with Gasteiger partial charge >= 0.3 is 0 Å². The summed E-state index contributed by atoms with van der Waals surface area (Å²) in [6, 6.07) is 9.92. The van der Waals surface area contributed by atoms with E-state index in [0.717, 1.165) is 5.56 Å². The van der Waals surface area contributed by atoms with Crippen molar-refractivity contribution < 1.29 is 19.3 Å². The number of aliphatic hydroxyl groups excluding tert-OH is 1. The summed E-state index contributed by atoms with van der Waals surface area (Å²) in [6.45, 7) is 4.73. The molecular formula is C16H22O4. The summed E-state index contributed by atoms with van der Waals surface area (Å²) in [6.07, 6.45) is 2.05. The van der Waals surface area contributed by atoms with Gasteiger partial charge in [0.1, 0.15) is 12.2 Å². The van der Waals surface area contributed by atoms with Crippen molar-refractivity contribution in [1.82, 2.24) is 0 Å². The highest BCUT2D eigenvalue weighted by molar-refractivity contribution is 5.13. The van der Waals surface area contributed by atoms with Gasteiger partial charge in [-0.15, -0.1) is 0 Å². The van der Waals surface area contributed by atoms with Gasteiger partial charge in [0.15, 0.2) is 6.29 Å². The normalized spacial score (nSPS) is 26.1. The van der Waals surface area contributed by atoms with Crippen molar-refractivity contribution in [2.24, 2.45) is 0 Å². The van der Waals surface area contributed by atoms with Gasteiger partial charge in [-0.1, -0.05) is 36.4 Å². The SMILES string of the molecule is CC(C)O[C@@H]1C=C[C@H](O)[C@@H](COCc2ccccc2)O1. The third-order valence-corrected chi connectivity index (χ3v) is 2.96. The van der Waals surface area contributed by atoms with Gasteiger partial charge in [0.25, 0.3) is 0 Å². The summed E-state index contributed by atoms with van der Waals surface area (Å²) in [5.41, 5.74) is 1.10. The fraction of sp³-hybridized carbons (Fsp3) is 0.500. The smallest absolute Gasteiger partial charge is 0.177 e. The number of hydrogen-bond donors (Lipinski definition) is 1. The van der Waals surface area contributed by atoms with Crippen LogP contribution in [0, 0.1) is 0 Å².